The highest BCUT2D eigenvalue weighted by molar-refractivity contribution is 5.79. The molecule has 2 heterocycles. The van der Waals surface area contributed by atoms with Crippen molar-refractivity contribution < 1.29 is 4.42 Å². The quantitative estimate of drug-likeness (QED) is 0.448. The summed E-state index contributed by atoms with van der Waals surface area (Å²) >= 11 is 0. The van der Waals surface area contributed by atoms with Crippen LogP contribution < -0.4 is 10.6 Å². The van der Waals surface area contributed by atoms with Crippen molar-refractivity contribution in [3.63, 3.8) is 0 Å². The van der Waals surface area contributed by atoms with E-state index in [2.05, 4.69) is 81.8 Å². The predicted octanol–water partition coefficient (Wildman–Crippen LogP) is 4.37. The molecule has 2 aromatic carbocycles. The first-order valence-electron chi connectivity index (χ1n) is 11.4. The second-order valence-electron chi connectivity index (χ2n) is 8.61. The Morgan fingerprint density at radius 1 is 1.16 bits per heavy atom. The molecular weight excluding hydrogens is 398 g/mol. The van der Waals surface area contributed by atoms with Gasteiger partial charge < -0.3 is 15.1 Å². The second-order valence-corrected chi connectivity index (χ2v) is 8.61. The van der Waals surface area contributed by atoms with Gasteiger partial charge in [-0.25, -0.2) is 4.98 Å². The smallest absolute Gasteiger partial charge is 0.226 e. The molecule has 0 bridgehead atoms. The second kappa shape index (κ2) is 10.5. The van der Waals surface area contributed by atoms with Gasteiger partial charge in [0.2, 0.25) is 5.89 Å². The van der Waals surface area contributed by atoms with E-state index in [0.717, 1.165) is 43.1 Å². The topological polar surface area (TPSA) is 65.7 Å². The van der Waals surface area contributed by atoms with Gasteiger partial charge in [0.1, 0.15) is 6.26 Å². The summed E-state index contributed by atoms with van der Waals surface area (Å²) < 4.78 is 5.66. The normalized spacial score (nSPS) is 19.7. The van der Waals surface area contributed by atoms with Crippen molar-refractivity contribution >= 4 is 5.96 Å². The van der Waals surface area contributed by atoms with E-state index >= 15 is 0 Å². The van der Waals surface area contributed by atoms with Crippen LogP contribution in [0.1, 0.15) is 36.6 Å². The molecule has 1 fully saturated rings. The number of guanidine groups is 1. The Hall–Kier alpha value is -3.12. The molecule has 1 aliphatic rings. The zero-order valence-electron chi connectivity index (χ0n) is 19.2. The number of nitrogens with one attached hydrogen (secondary N) is 2. The van der Waals surface area contributed by atoms with E-state index in [1.807, 2.05) is 19.2 Å². The summed E-state index contributed by atoms with van der Waals surface area (Å²) in [5.41, 5.74) is 4.44. The zero-order valence-corrected chi connectivity index (χ0v) is 19.2. The largest absolute Gasteiger partial charge is 0.444 e. The monoisotopic (exact) mass is 431 g/mol. The van der Waals surface area contributed by atoms with E-state index in [1.54, 1.807) is 6.26 Å². The molecule has 6 heteroatoms. The fourth-order valence-corrected chi connectivity index (χ4v) is 4.18. The van der Waals surface area contributed by atoms with E-state index in [9.17, 15) is 0 Å². The van der Waals surface area contributed by atoms with Gasteiger partial charge in [-0.1, -0.05) is 48.0 Å². The third kappa shape index (κ3) is 5.77. The molecule has 32 heavy (non-hydrogen) atoms. The Morgan fingerprint density at radius 3 is 2.66 bits per heavy atom. The van der Waals surface area contributed by atoms with Gasteiger partial charge in [0.05, 0.1) is 12.2 Å². The van der Waals surface area contributed by atoms with Crippen LogP contribution in [0, 0.1) is 6.92 Å². The summed E-state index contributed by atoms with van der Waals surface area (Å²) in [6.45, 7) is 7.04. The van der Waals surface area contributed by atoms with Crippen LogP contribution >= 0.6 is 0 Å². The first kappa shape index (κ1) is 22.1. The molecule has 0 radical (unpaired) electrons. The first-order valence-corrected chi connectivity index (χ1v) is 11.4. The van der Waals surface area contributed by atoms with Gasteiger partial charge in [-0.3, -0.25) is 9.89 Å². The van der Waals surface area contributed by atoms with Crippen LogP contribution in [-0.2, 0) is 13.1 Å². The number of oxazole rings is 1. The number of piperidine rings is 1. The predicted molar refractivity (Wildman–Crippen MR) is 129 cm³/mol. The Bertz CT molecular complexity index is 1010. The molecule has 1 saturated heterocycles. The molecule has 0 spiro atoms. The van der Waals surface area contributed by atoms with Crippen LogP contribution in [0.25, 0.3) is 11.5 Å². The van der Waals surface area contributed by atoms with Crippen molar-refractivity contribution in [2.75, 3.05) is 13.6 Å². The maximum absolute atomic E-state index is 5.66. The highest BCUT2D eigenvalue weighted by Crippen LogP contribution is 2.21. The molecular formula is C26H33N5O. The van der Waals surface area contributed by atoms with Gasteiger partial charge in [-0.2, -0.15) is 0 Å². The van der Waals surface area contributed by atoms with Crippen molar-refractivity contribution in [3.8, 4) is 11.5 Å². The van der Waals surface area contributed by atoms with Crippen molar-refractivity contribution in [3.05, 3.63) is 77.7 Å². The molecule has 2 atom stereocenters. The molecule has 4 rings (SSSR count). The van der Waals surface area contributed by atoms with E-state index in [1.165, 1.54) is 11.1 Å². The minimum absolute atomic E-state index is 0.406. The lowest BCUT2D eigenvalue weighted by molar-refractivity contribution is 0.134. The Kier molecular flexibility index (Phi) is 7.22. The van der Waals surface area contributed by atoms with E-state index in [0.29, 0.717) is 24.5 Å². The maximum atomic E-state index is 5.66. The number of hydrogen-bond acceptors (Lipinski definition) is 4. The molecule has 2 N–H and O–H groups in total. The molecule has 1 aliphatic heterocycles. The third-order valence-electron chi connectivity index (χ3n) is 6.09. The van der Waals surface area contributed by atoms with Crippen LogP contribution in [-0.4, -0.2) is 41.5 Å². The van der Waals surface area contributed by atoms with Crippen molar-refractivity contribution in [1.29, 1.82) is 0 Å². The van der Waals surface area contributed by atoms with Crippen LogP contribution in [0.3, 0.4) is 0 Å². The lowest BCUT2D eigenvalue weighted by atomic mass is 9.97. The number of rotatable bonds is 6. The summed E-state index contributed by atoms with van der Waals surface area (Å²) in [5, 5.41) is 6.96. The molecule has 3 aromatic rings. The maximum Gasteiger partial charge on any atom is 0.226 e. The van der Waals surface area contributed by atoms with Crippen molar-refractivity contribution in [1.82, 2.24) is 20.5 Å². The van der Waals surface area contributed by atoms with E-state index in [-0.39, 0.29) is 0 Å². The Labute approximate surface area is 190 Å². The number of aromatic nitrogens is 1. The van der Waals surface area contributed by atoms with Gasteiger partial charge in [0, 0.05) is 37.8 Å². The molecule has 1 aromatic heterocycles. The van der Waals surface area contributed by atoms with Gasteiger partial charge in [-0.05, 0) is 44.4 Å². The first-order chi connectivity index (χ1) is 15.6. The van der Waals surface area contributed by atoms with Crippen molar-refractivity contribution in [2.45, 2.75) is 51.9 Å². The number of likely N-dealkylation sites (tertiary alicyclic amines) is 1. The summed E-state index contributed by atoms with van der Waals surface area (Å²) in [6, 6.07) is 19.8. The molecule has 2 unspecified atom stereocenters. The number of hydrogen-bond donors (Lipinski definition) is 2. The average Bonchev–Trinajstić information content (AvgIpc) is 3.28. The minimum atomic E-state index is 0.406. The lowest BCUT2D eigenvalue weighted by Gasteiger charge is -2.38. The number of benzene rings is 2. The molecule has 0 aliphatic carbocycles. The van der Waals surface area contributed by atoms with Gasteiger partial charge in [0.15, 0.2) is 5.96 Å². The highest BCUT2D eigenvalue weighted by atomic mass is 16.3. The van der Waals surface area contributed by atoms with Gasteiger partial charge in [0.25, 0.3) is 0 Å². The standard InChI is InChI=1S/C26H33N5O/c1-19-9-11-22(12-10-19)25-29-24(18-32-25)16-28-26(27-3)30-23-13-14-31(20(2)15-23)17-21-7-5-4-6-8-21/h4-12,18,20,23H,13-17H2,1-3H3,(H2,27,28,30). The van der Waals surface area contributed by atoms with Crippen LogP contribution in [0.15, 0.2) is 70.3 Å². The van der Waals surface area contributed by atoms with Crippen LogP contribution in [0.2, 0.25) is 0 Å². The van der Waals surface area contributed by atoms with Crippen LogP contribution in [0.4, 0.5) is 0 Å². The SMILES string of the molecule is CN=C(NCc1coc(-c2ccc(C)cc2)n1)NC1CCN(Cc2ccccc2)C(C)C1. The van der Waals surface area contributed by atoms with E-state index < -0.39 is 0 Å². The number of aliphatic imine (C=N–C) groups is 1. The summed E-state index contributed by atoms with van der Waals surface area (Å²) in [6.07, 6.45) is 3.90. The molecule has 6 nitrogen and oxygen atoms in total. The Balaban J connectivity index is 1.26. The fourth-order valence-electron chi connectivity index (χ4n) is 4.18. The number of aryl methyl sites for hydroxylation is 1. The Morgan fingerprint density at radius 2 is 1.94 bits per heavy atom. The minimum Gasteiger partial charge on any atom is -0.444 e. The molecule has 0 saturated carbocycles. The average molecular weight is 432 g/mol. The third-order valence-corrected chi connectivity index (χ3v) is 6.09. The zero-order chi connectivity index (χ0) is 22.3. The molecule has 168 valence electrons. The van der Waals surface area contributed by atoms with E-state index in [4.69, 9.17) is 4.42 Å². The molecule has 0 amide bonds. The van der Waals surface area contributed by atoms with Gasteiger partial charge >= 0.3 is 0 Å². The van der Waals surface area contributed by atoms with Crippen molar-refractivity contribution in [2.24, 2.45) is 4.99 Å². The lowest BCUT2D eigenvalue weighted by Crippen LogP contribution is -2.51. The highest BCUT2D eigenvalue weighted by Gasteiger charge is 2.26. The summed E-state index contributed by atoms with van der Waals surface area (Å²) in [7, 11) is 1.81. The summed E-state index contributed by atoms with van der Waals surface area (Å²) in [5.74, 6) is 1.45. The number of nitrogens with zero attached hydrogens (tertiary/aromatic N) is 3. The summed E-state index contributed by atoms with van der Waals surface area (Å²) in [4.78, 5) is 11.6. The van der Waals surface area contributed by atoms with Crippen LogP contribution in [0.5, 0.6) is 0 Å². The fraction of sp³-hybridized carbons (Fsp3) is 0.385. The van der Waals surface area contributed by atoms with Gasteiger partial charge in [-0.15, -0.1) is 0 Å².